The van der Waals surface area contributed by atoms with Crippen LogP contribution in [0.15, 0.2) is 18.2 Å². The summed E-state index contributed by atoms with van der Waals surface area (Å²) in [5.74, 6) is -4.76. The maximum Gasteiger partial charge on any atom is 0.323 e. The number of rotatable bonds is 5. The third kappa shape index (κ3) is 3.95. The Morgan fingerprint density at radius 1 is 1.16 bits per heavy atom. The first-order chi connectivity index (χ1) is 8.81. The molecule has 8 heteroatoms. The summed E-state index contributed by atoms with van der Waals surface area (Å²) in [6.07, 6.45) is 0. The summed E-state index contributed by atoms with van der Waals surface area (Å²) in [5, 5.41) is 17.2. The quantitative estimate of drug-likeness (QED) is 0.648. The number of nitrogen functional groups attached to an aromatic ring is 1. The molecule has 0 bridgehead atoms. The second kappa shape index (κ2) is 5.80. The van der Waals surface area contributed by atoms with Gasteiger partial charge in [-0.05, 0) is 18.2 Å². The number of carbonyl (C=O) groups excluding carboxylic acids is 1. The van der Waals surface area contributed by atoms with E-state index in [1.807, 2.05) is 0 Å². The van der Waals surface area contributed by atoms with Crippen molar-refractivity contribution >= 4 is 23.5 Å². The van der Waals surface area contributed by atoms with Gasteiger partial charge < -0.3 is 20.8 Å². The number of nitrogens with two attached hydrogens (primary N) is 1. The van der Waals surface area contributed by atoms with E-state index >= 15 is 0 Å². The van der Waals surface area contributed by atoms with Crippen LogP contribution in [0.3, 0.4) is 0 Å². The van der Waals surface area contributed by atoms with Crippen molar-refractivity contribution in [3.63, 3.8) is 0 Å². The molecule has 1 aromatic rings. The molecule has 0 radical (unpaired) electrons. The zero-order chi connectivity index (χ0) is 14.6. The Morgan fingerprint density at radius 3 is 2.11 bits per heavy atom. The predicted molar refractivity (Wildman–Crippen MR) is 62.0 cm³/mol. The normalized spacial score (nSPS) is 9.95. The first-order valence-electron chi connectivity index (χ1n) is 5.09. The van der Waals surface area contributed by atoms with Crippen molar-refractivity contribution in [2.24, 2.45) is 0 Å². The average Bonchev–Trinajstić information content (AvgIpc) is 2.26. The lowest BCUT2D eigenvalue weighted by Crippen LogP contribution is -2.39. The number of carboxylic acids is 2. The predicted octanol–water partition coefficient (Wildman–Crippen LogP) is 0.0193. The van der Waals surface area contributed by atoms with Crippen molar-refractivity contribution in [1.82, 2.24) is 4.90 Å². The zero-order valence-electron chi connectivity index (χ0n) is 9.67. The van der Waals surface area contributed by atoms with Gasteiger partial charge in [-0.2, -0.15) is 0 Å². The minimum atomic E-state index is -1.40. The van der Waals surface area contributed by atoms with Crippen LogP contribution in [0.1, 0.15) is 10.4 Å². The second-order valence-corrected chi connectivity index (χ2v) is 3.69. The summed E-state index contributed by atoms with van der Waals surface area (Å²) in [4.78, 5) is 33.5. The van der Waals surface area contributed by atoms with E-state index in [4.69, 9.17) is 15.9 Å². The van der Waals surface area contributed by atoms with E-state index < -0.39 is 42.3 Å². The van der Waals surface area contributed by atoms with Crippen LogP contribution in [-0.4, -0.2) is 46.0 Å². The van der Waals surface area contributed by atoms with Crippen molar-refractivity contribution in [1.29, 1.82) is 0 Å². The Balaban J connectivity index is 3.04. The molecule has 0 unspecified atom stereocenters. The monoisotopic (exact) mass is 270 g/mol. The van der Waals surface area contributed by atoms with Gasteiger partial charge >= 0.3 is 11.9 Å². The molecule has 1 rings (SSSR count). The molecular formula is C11H11FN2O5. The topological polar surface area (TPSA) is 121 Å². The van der Waals surface area contributed by atoms with Crippen molar-refractivity contribution in [3.8, 4) is 0 Å². The fourth-order valence-corrected chi connectivity index (χ4v) is 1.40. The van der Waals surface area contributed by atoms with Crippen LogP contribution in [0.5, 0.6) is 0 Å². The summed E-state index contributed by atoms with van der Waals surface area (Å²) < 4.78 is 13.5. The highest BCUT2D eigenvalue weighted by Gasteiger charge is 2.23. The molecule has 0 aliphatic heterocycles. The molecule has 102 valence electrons. The fraction of sp³-hybridized carbons (Fsp3) is 0.182. The molecule has 1 amide bonds. The molecule has 7 nitrogen and oxygen atoms in total. The molecule has 0 heterocycles. The molecule has 1 aromatic carbocycles. The van der Waals surface area contributed by atoms with Gasteiger partial charge in [0.25, 0.3) is 5.91 Å². The first kappa shape index (κ1) is 14.4. The molecule has 0 saturated heterocycles. The van der Waals surface area contributed by atoms with Gasteiger partial charge in [-0.25, -0.2) is 4.39 Å². The van der Waals surface area contributed by atoms with Gasteiger partial charge in [0.1, 0.15) is 18.9 Å². The lowest BCUT2D eigenvalue weighted by molar-refractivity contribution is -0.140. The number of aliphatic carboxylic acids is 2. The van der Waals surface area contributed by atoms with E-state index in [0.29, 0.717) is 4.90 Å². The highest BCUT2D eigenvalue weighted by atomic mass is 19.1. The van der Waals surface area contributed by atoms with Crippen LogP contribution in [0, 0.1) is 5.82 Å². The molecule has 0 atom stereocenters. The molecular weight excluding hydrogens is 259 g/mol. The lowest BCUT2D eigenvalue weighted by atomic mass is 10.1. The lowest BCUT2D eigenvalue weighted by Gasteiger charge is -2.18. The molecule has 19 heavy (non-hydrogen) atoms. The van der Waals surface area contributed by atoms with Crippen molar-refractivity contribution in [3.05, 3.63) is 29.6 Å². The number of benzene rings is 1. The number of amides is 1. The third-order valence-electron chi connectivity index (χ3n) is 2.16. The smallest absolute Gasteiger partial charge is 0.323 e. The Bertz CT molecular complexity index is 516. The minimum absolute atomic E-state index is 0.0945. The fourth-order valence-electron chi connectivity index (χ4n) is 1.40. The zero-order valence-corrected chi connectivity index (χ0v) is 9.67. The average molecular weight is 270 g/mol. The minimum Gasteiger partial charge on any atom is -0.480 e. The van der Waals surface area contributed by atoms with E-state index in [-0.39, 0.29) is 5.69 Å². The van der Waals surface area contributed by atoms with Crippen molar-refractivity contribution < 1.29 is 29.0 Å². The Hall–Kier alpha value is -2.64. The Kier molecular flexibility index (Phi) is 4.41. The summed E-state index contributed by atoms with van der Waals surface area (Å²) in [6, 6.07) is 3.23. The molecule has 0 aliphatic rings. The van der Waals surface area contributed by atoms with Gasteiger partial charge in [0.05, 0.1) is 5.56 Å². The van der Waals surface area contributed by atoms with Crippen LogP contribution >= 0.6 is 0 Å². The second-order valence-electron chi connectivity index (χ2n) is 3.69. The number of carboxylic acid groups (broad SMARTS) is 2. The van der Waals surface area contributed by atoms with Gasteiger partial charge in [0.15, 0.2) is 0 Å². The van der Waals surface area contributed by atoms with Gasteiger partial charge in [-0.3, -0.25) is 14.4 Å². The molecule has 0 aliphatic carbocycles. The van der Waals surface area contributed by atoms with Crippen LogP contribution in [0.2, 0.25) is 0 Å². The van der Waals surface area contributed by atoms with E-state index in [1.54, 1.807) is 0 Å². The first-order valence-corrected chi connectivity index (χ1v) is 5.09. The molecule has 0 fully saturated rings. The van der Waals surface area contributed by atoms with Gasteiger partial charge in [-0.15, -0.1) is 0 Å². The van der Waals surface area contributed by atoms with Gasteiger partial charge in [0.2, 0.25) is 0 Å². The van der Waals surface area contributed by atoms with Crippen molar-refractivity contribution in [2.45, 2.75) is 0 Å². The highest BCUT2D eigenvalue weighted by Crippen LogP contribution is 2.14. The summed E-state index contributed by atoms with van der Waals surface area (Å²) in [5.41, 5.74) is 4.97. The summed E-state index contributed by atoms with van der Waals surface area (Å²) in [7, 11) is 0. The van der Waals surface area contributed by atoms with Gasteiger partial charge in [0, 0.05) is 5.69 Å². The van der Waals surface area contributed by atoms with Crippen LogP contribution in [0.4, 0.5) is 10.1 Å². The number of nitrogens with zero attached hydrogens (tertiary/aromatic N) is 1. The van der Waals surface area contributed by atoms with Gasteiger partial charge in [-0.1, -0.05) is 0 Å². The van der Waals surface area contributed by atoms with Crippen LogP contribution in [-0.2, 0) is 9.59 Å². The number of hydrogen-bond acceptors (Lipinski definition) is 4. The summed E-state index contributed by atoms with van der Waals surface area (Å²) in [6.45, 7) is -1.68. The Morgan fingerprint density at radius 2 is 1.68 bits per heavy atom. The highest BCUT2D eigenvalue weighted by molar-refractivity contribution is 5.97. The maximum absolute atomic E-state index is 13.5. The number of anilines is 1. The molecule has 0 spiro atoms. The van der Waals surface area contributed by atoms with Crippen LogP contribution in [0.25, 0.3) is 0 Å². The molecule has 0 saturated carbocycles. The maximum atomic E-state index is 13.5. The standard InChI is InChI=1S/C11H11FN2O5/c12-8-3-6(13)1-2-7(8)11(19)14(4-9(15)16)5-10(17)18/h1-3H,4-5,13H2,(H,15,16)(H,17,18). The number of carbonyl (C=O) groups is 3. The van der Waals surface area contributed by atoms with E-state index in [2.05, 4.69) is 0 Å². The van der Waals surface area contributed by atoms with Crippen molar-refractivity contribution in [2.75, 3.05) is 18.8 Å². The van der Waals surface area contributed by atoms with E-state index in [1.165, 1.54) is 6.07 Å². The summed E-state index contributed by atoms with van der Waals surface area (Å²) >= 11 is 0. The van der Waals surface area contributed by atoms with E-state index in [0.717, 1.165) is 12.1 Å². The third-order valence-corrected chi connectivity index (χ3v) is 2.16. The largest absolute Gasteiger partial charge is 0.480 e. The van der Waals surface area contributed by atoms with Crippen LogP contribution < -0.4 is 5.73 Å². The SMILES string of the molecule is Nc1ccc(C(=O)N(CC(=O)O)CC(=O)O)c(F)c1. The number of hydrogen-bond donors (Lipinski definition) is 3. The van der Waals surface area contributed by atoms with E-state index in [9.17, 15) is 18.8 Å². The molecule has 4 N–H and O–H groups in total. The molecule has 0 aromatic heterocycles. The Labute approximate surface area is 107 Å². The number of halogens is 1.